The van der Waals surface area contributed by atoms with Crippen molar-refractivity contribution >= 4 is 23.6 Å². The second-order valence-electron chi connectivity index (χ2n) is 5.29. The quantitative estimate of drug-likeness (QED) is 0.919. The van der Waals surface area contributed by atoms with E-state index in [-0.39, 0.29) is 6.42 Å². The number of aliphatic carboxylic acids is 1. The number of carboxylic acid groups (broad SMARTS) is 1. The number of fused-ring (bicyclic) bond motifs is 1. The molecule has 1 heterocycles. The normalized spacial score (nSPS) is 21.0. The summed E-state index contributed by atoms with van der Waals surface area (Å²) < 4.78 is 0. The largest absolute Gasteiger partial charge is 0.480 e. The number of rotatable bonds is 4. The van der Waals surface area contributed by atoms with Crippen LogP contribution in [-0.2, 0) is 16.0 Å². The molecule has 6 nitrogen and oxygen atoms in total. The second-order valence-corrected chi connectivity index (χ2v) is 5.29. The van der Waals surface area contributed by atoms with E-state index in [1.807, 2.05) is 6.07 Å². The highest BCUT2D eigenvalue weighted by molar-refractivity contribution is 6.22. The highest BCUT2D eigenvalue weighted by atomic mass is 16.4. The first-order chi connectivity index (χ1) is 11.1. The third kappa shape index (κ3) is 2.83. The molecule has 6 heteroatoms. The number of imide groups is 1. The van der Waals surface area contributed by atoms with Crippen molar-refractivity contribution in [3.05, 3.63) is 60.2 Å². The van der Waals surface area contributed by atoms with Crippen molar-refractivity contribution < 1.29 is 19.5 Å². The predicted octanol–water partition coefficient (Wildman–Crippen LogP) is 1.83. The van der Waals surface area contributed by atoms with Crippen molar-refractivity contribution in [2.75, 3.05) is 0 Å². The third-order valence-electron chi connectivity index (χ3n) is 3.80. The molecule has 2 aliphatic rings. The summed E-state index contributed by atoms with van der Waals surface area (Å²) in [5, 5.41) is 9.49. The molecule has 3 amide bonds. The number of aliphatic imine (C=N–C) groups is 1. The summed E-state index contributed by atoms with van der Waals surface area (Å²) in [5.41, 5.74) is 1.08. The van der Waals surface area contributed by atoms with Crippen LogP contribution in [-0.4, -0.2) is 39.7 Å². The maximum absolute atomic E-state index is 12.6. The van der Waals surface area contributed by atoms with Crippen LogP contribution in [0.2, 0.25) is 0 Å². The van der Waals surface area contributed by atoms with Gasteiger partial charge in [-0.1, -0.05) is 48.6 Å². The summed E-state index contributed by atoms with van der Waals surface area (Å²) in [5.74, 6) is -2.48. The molecule has 0 saturated heterocycles. The van der Waals surface area contributed by atoms with Crippen molar-refractivity contribution in [2.24, 2.45) is 10.9 Å². The molecule has 3 rings (SSSR count). The molecule has 0 aromatic heterocycles. The third-order valence-corrected chi connectivity index (χ3v) is 3.80. The van der Waals surface area contributed by atoms with Gasteiger partial charge < -0.3 is 5.11 Å². The van der Waals surface area contributed by atoms with Gasteiger partial charge in [-0.05, 0) is 11.6 Å². The summed E-state index contributed by atoms with van der Waals surface area (Å²) in [7, 11) is 0. The molecule has 2 atom stereocenters. The van der Waals surface area contributed by atoms with E-state index < -0.39 is 29.9 Å². The number of urea groups is 1. The monoisotopic (exact) mass is 310 g/mol. The fraction of sp³-hybridized carbons (Fsp3) is 0.176. The molecule has 0 radical (unpaired) electrons. The summed E-state index contributed by atoms with van der Waals surface area (Å²) >= 11 is 0. The number of hydrogen-bond donors (Lipinski definition) is 1. The van der Waals surface area contributed by atoms with Crippen molar-refractivity contribution in [2.45, 2.75) is 12.5 Å². The van der Waals surface area contributed by atoms with Gasteiger partial charge in [-0.15, -0.1) is 0 Å². The number of amides is 3. The van der Waals surface area contributed by atoms with Crippen LogP contribution in [0.3, 0.4) is 0 Å². The Balaban J connectivity index is 1.93. The molecule has 1 aromatic carbocycles. The number of hydrogen-bond acceptors (Lipinski definition) is 3. The van der Waals surface area contributed by atoms with Crippen molar-refractivity contribution in [1.82, 2.24) is 4.90 Å². The average molecular weight is 310 g/mol. The van der Waals surface area contributed by atoms with Crippen LogP contribution in [0, 0.1) is 5.92 Å². The van der Waals surface area contributed by atoms with Crippen molar-refractivity contribution in [3.63, 3.8) is 0 Å². The number of carbonyl (C=O) groups is 3. The van der Waals surface area contributed by atoms with Gasteiger partial charge in [0.05, 0.1) is 11.6 Å². The van der Waals surface area contributed by atoms with Gasteiger partial charge in [-0.25, -0.2) is 14.5 Å². The standard InChI is InChI=1S/C17H14N2O4/c20-15-12-8-4-5-9-13(12)18-17(23)19(15)14(16(21)22)10-11-6-2-1-3-7-11/h1-9,12,14H,10H2,(H,21,22). The van der Waals surface area contributed by atoms with Gasteiger partial charge in [-0.2, -0.15) is 4.99 Å². The molecular weight excluding hydrogens is 296 g/mol. The number of carboxylic acids is 1. The average Bonchev–Trinajstić information content (AvgIpc) is 2.54. The van der Waals surface area contributed by atoms with E-state index in [1.165, 1.54) is 0 Å². The number of carbonyl (C=O) groups excluding carboxylic acids is 2. The number of nitrogens with zero attached hydrogens (tertiary/aromatic N) is 2. The lowest BCUT2D eigenvalue weighted by Crippen LogP contribution is -2.54. The van der Waals surface area contributed by atoms with Crippen LogP contribution >= 0.6 is 0 Å². The van der Waals surface area contributed by atoms with Crippen molar-refractivity contribution in [1.29, 1.82) is 0 Å². The van der Waals surface area contributed by atoms with E-state index in [0.717, 1.165) is 10.5 Å². The smallest absolute Gasteiger partial charge is 0.351 e. The predicted molar refractivity (Wildman–Crippen MR) is 83.0 cm³/mol. The second kappa shape index (κ2) is 6.00. The van der Waals surface area contributed by atoms with Crippen LogP contribution in [0.1, 0.15) is 5.56 Å². The number of allylic oxidation sites excluding steroid dienone is 3. The Labute approximate surface area is 132 Å². The Morgan fingerprint density at radius 1 is 1.22 bits per heavy atom. The van der Waals surface area contributed by atoms with Crippen LogP contribution in [0.4, 0.5) is 4.79 Å². The molecule has 1 aromatic rings. The van der Waals surface area contributed by atoms with E-state index in [9.17, 15) is 19.5 Å². The lowest BCUT2D eigenvalue weighted by molar-refractivity contribution is -0.148. The Morgan fingerprint density at radius 3 is 2.65 bits per heavy atom. The zero-order valence-electron chi connectivity index (χ0n) is 12.1. The van der Waals surface area contributed by atoms with Crippen LogP contribution in [0.15, 0.2) is 59.6 Å². The van der Waals surface area contributed by atoms with Gasteiger partial charge in [0.1, 0.15) is 6.04 Å². The molecule has 0 bridgehead atoms. The Morgan fingerprint density at radius 2 is 1.96 bits per heavy atom. The van der Waals surface area contributed by atoms with Gasteiger partial charge in [0.15, 0.2) is 0 Å². The van der Waals surface area contributed by atoms with E-state index in [1.54, 1.807) is 48.6 Å². The van der Waals surface area contributed by atoms with E-state index >= 15 is 0 Å². The highest BCUT2D eigenvalue weighted by Gasteiger charge is 2.42. The van der Waals surface area contributed by atoms with Gasteiger partial charge in [0.25, 0.3) is 0 Å². The lowest BCUT2D eigenvalue weighted by Gasteiger charge is -2.32. The molecule has 0 fully saturated rings. The Hall–Kier alpha value is -3.02. The molecular formula is C17H14N2O4. The van der Waals surface area contributed by atoms with Gasteiger partial charge in [0, 0.05) is 6.42 Å². The summed E-state index contributed by atoms with van der Waals surface area (Å²) in [6.45, 7) is 0. The summed E-state index contributed by atoms with van der Waals surface area (Å²) in [6, 6.07) is 6.77. The number of benzene rings is 1. The summed E-state index contributed by atoms with van der Waals surface area (Å²) in [6.07, 6.45) is 6.62. The van der Waals surface area contributed by atoms with Gasteiger partial charge in [0.2, 0.25) is 5.91 Å². The maximum Gasteiger partial charge on any atom is 0.351 e. The molecule has 23 heavy (non-hydrogen) atoms. The van der Waals surface area contributed by atoms with E-state index in [4.69, 9.17) is 0 Å². The minimum Gasteiger partial charge on any atom is -0.480 e. The Kier molecular flexibility index (Phi) is 3.89. The van der Waals surface area contributed by atoms with E-state index in [0.29, 0.717) is 5.71 Å². The van der Waals surface area contributed by atoms with E-state index in [2.05, 4.69) is 4.99 Å². The van der Waals surface area contributed by atoms with Crippen LogP contribution in [0.5, 0.6) is 0 Å². The first-order valence-corrected chi connectivity index (χ1v) is 7.15. The zero-order valence-corrected chi connectivity index (χ0v) is 12.1. The molecule has 2 unspecified atom stereocenters. The fourth-order valence-electron chi connectivity index (χ4n) is 2.67. The molecule has 1 aliphatic carbocycles. The van der Waals surface area contributed by atoms with Crippen LogP contribution < -0.4 is 0 Å². The van der Waals surface area contributed by atoms with Crippen LogP contribution in [0.25, 0.3) is 0 Å². The molecule has 116 valence electrons. The Bertz CT molecular complexity index is 749. The molecule has 1 aliphatic heterocycles. The highest BCUT2D eigenvalue weighted by Crippen LogP contribution is 2.23. The molecule has 0 saturated carbocycles. The minimum atomic E-state index is -1.28. The minimum absolute atomic E-state index is 0.0464. The fourth-order valence-corrected chi connectivity index (χ4v) is 2.67. The molecule has 1 N–H and O–H groups in total. The lowest BCUT2D eigenvalue weighted by atomic mass is 9.93. The van der Waals surface area contributed by atoms with Gasteiger partial charge >= 0.3 is 12.0 Å². The first kappa shape index (κ1) is 14.9. The SMILES string of the molecule is O=C(O)C(Cc1ccccc1)N1C(=O)N=C2C=CC=CC2C1=O. The zero-order chi connectivity index (χ0) is 16.4. The van der Waals surface area contributed by atoms with Crippen molar-refractivity contribution in [3.8, 4) is 0 Å². The molecule has 0 spiro atoms. The summed E-state index contributed by atoms with van der Waals surface area (Å²) in [4.78, 5) is 41.0. The maximum atomic E-state index is 12.6. The first-order valence-electron chi connectivity index (χ1n) is 7.15. The van der Waals surface area contributed by atoms with Gasteiger partial charge in [-0.3, -0.25) is 4.79 Å². The topological polar surface area (TPSA) is 87.0 Å².